The van der Waals surface area contributed by atoms with E-state index in [1.165, 1.54) is 23.1 Å². The number of amides is 2. The molecule has 2 N–H and O–H groups in total. The summed E-state index contributed by atoms with van der Waals surface area (Å²) in [7, 11) is 0. The fourth-order valence-corrected chi connectivity index (χ4v) is 4.86. The van der Waals surface area contributed by atoms with E-state index in [0.717, 1.165) is 16.2 Å². The zero-order valence-corrected chi connectivity index (χ0v) is 20.0. The van der Waals surface area contributed by atoms with Crippen molar-refractivity contribution in [3.05, 3.63) is 94.8 Å². The maximum Gasteiger partial charge on any atom is 0.255 e. The smallest absolute Gasteiger partial charge is 0.255 e. The van der Waals surface area contributed by atoms with Crippen LogP contribution in [0.15, 0.2) is 89.1 Å². The van der Waals surface area contributed by atoms with Crippen LogP contribution >= 0.6 is 34.7 Å². The second-order valence-corrected chi connectivity index (χ2v) is 9.85. The van der Waals surface area contributed by atoms with E-state index in [-0.39, 0.29) is 17.1 Å². The first-order valence-corrected chi connectivity index (χ1v) is 12.3. The Bertz CT molecular complexity index is 1280. The summed E-state index contributed by atoms with van der Waals surface area (Å²) in [6.45, 7) is 1.84. The van der Waals surface area contributed by atoms with Gasteiger partial charge in [0, 0.05) is 32.1 Å². The van der Waals surface area contributed by atoms with Crippen LogP contribution in [0, 0.1) is 0 Å². The number of hydrogen-bond donors (Lipinski definition) is 2. The van der Waals surface area contributed by atoms with Crippen molar-refractivity contribution in [3.63, 3.8) is 0 Å². The highest BCUT2D eigenvalue weighted by Crippen LogP contribution is 2.29. The van der Waals surface area contributed by atoms with E-state index in [4.69, 9.17) is 11.6 Å². The summed E-state index contributed by atoms with van der Waals surface area (Å²) in [4.78, 5) is 30.5. The monoisotopic (exact) mass is 493 g/mol. The van der Waals surface area contributed by atoms with Crippen LogP contribution in [-0.4, -0.2) is 22.0 Å². The van der Waals surface area contributed by atoms with Gasteiger partial charge in [0.2, 0.25) is 5.91 Å². The second-order valence-electron chi connectivity index (χ2n) is 7.15. The maximum absolute atomic E-state index is 12.7. The van der Waals surface area contributed by atoms with E-state index in [1.807, 2.05) is 60.8 Å². The SMILES string of the molecule is CC(Sc1cccc(NC(=O)c2cccc(Cl)c2)c1)C(=O)Nc1nc(-c2ccccc2)cs1. The molecule has 0 radical (unpaired) electrons. The normalized spacial score (nSPS) is 11.6. The van der Waals surface area contributed by atoms with Crippen molar-refractivity contribution in [2.45, 2.75) is 17.1 Å². The minimum atomic E-state index is -0.354. The molecule has 0 saturated heterocycles. The van der Waals surface area contributed by atoms with Gasteiger partial charge in [-0.3, -0.25) is 9.59 Å². The molecule has 0 saturated carbocycles. The summed E-state index contributed by atoms with van der Waals surface area (Å²) in [5.41, 5.74) is 2.96. The van der Waals surface area contributed by atoms with Crippen LogP contribution in [-0.2, 0) is 4.79 Å². The number of aromatic nitrogens is 1. The topological polar surface area (TPSA) is 71.1 Å². The molecule has 166 valence electrons. The van der Waals surface area contributed by atoms with E-state index in [0.29, 0.717) is 21.4 Å². The molecule has 0 bridgehead atoms. The average molecular weight is 494 g/mol. The number of hydrogen-bond acceptors (Lipinski definition) is 5. The van der Waals surface area contributed by atoms with Gasteiger partial charge in [-0.2, -0.15) is 0 Å². The quantitative estimate of drug-likeness (QED) is 0.276. The number of rotatable bonds is 7. The third-order valence-electron chi connectivity index (χ3n) is 4.66. The van der Waals surface area contributed by atoms with Gasteiger partial charge in [0.15, 0.2) is 5.13 Å². The van der Waals surface area contributed by atoms with Crippen LogP contribution in [0.3, 0.4) is 0 Å². The molecule has 0 aliphatic rings. The van der Waals surface area contributed by atoms with E-state index in [9.17, 15) is 9.59 Å². The van der Waals surface area contributed by atoms with Crippen LogP contribution in [0.25, 0.3) is 11.3 Å². The van der Waals surface area contributed by atoms with Gasteiger partial charge in [0.05, 0.1) is 10.9 Å². The fraction of sp³-hybridized carbons (Fsp3) is 0.0800. The number of thiazole rings is 1. The minimum absolute atomic E-state index is 0.137. The van der Waals surface area contributed by atoms with Gasteiger partial charge < -0.3 is 10.6 Å². The number of thioether (sulfide) groups is 1. The number of benzene rings is 3. The lowest BCUT2D eigenvalue weighted by atomic mass is 10.2. The van der Waals surface area contributed by atoms with Crippen molar-refractivity contribution in [2.24, 2.45) is 0 Å². The predicted molar refractivity (Wildman–Crippen MR) is 137 cm³/mol. The summed E-state index contributed by atoms with van der Waals surface area (Å²) in [5.74, 6) is -0.384. The number of carbonyl (C=O) groups excluding carboxylic acids is 2. The molecule has 1 aromatic heterocycles. The number of nitrogens with one attached hydrogen (secondary N) is 2. The molecule has 2 amide bonds. The average Bonchev–Trinajstić information content (AvgIpc) is 3.28. The van der Waals surface area contributed by atoms with Crippen molar-refractivity contribution in [1.29, 1.82) is 0 Å². The molecular formula is C25H20ClN3O2S2. The highest BCUT2D eigenvalue weighted by atomic mass is 35.5. The van der Waals surface area contributed by atoms with Gasteiger partial charge in [0.25, 0.3) is 5.91 Å². The van der Waals surface area contributed by atoms with Crippen LogP contribution < -0.4 is 10.6 Å². The van der Waals surface area contributed by atoms with Gasteiger partial charge >= 0.3 is 0 Å². The number of carbonyl (C=O) groups is 2. The number of nitrogens with zero attached hydrogens (tertiary/aromatic N) is 1. The minimum Gasteiger partial charge on any atom is -0.322 e. The highest BCUT2D eigenvalue weighted by Gasteiger charge is 2.17. The van der Waals surface area contributed by atoms with E-state index >= 15 is 0 Å². The summed E-state index contributed by atoms with van der Waals surface area (Å²) >= 11 is 8.77. The zero-order chi connectivity index (χ0) is 23.2. The van der Waals surface area contributed by atoms with Gasteiger partial charge in [-0.05, 0) is 43.3 Å². The lowest BCUT2D eigenvalue weighted by Gasteiger charge is -2.12. The largest absolute Gasteiger partial charge is 0.322 e. The van der Waals surface area contributed by atoms with Gasteiger partial charge in [-0.25, -0.2) is 4.98 Å². The molecule has 0 fully saturated rings. The summed E-state index contributed by atoms with van der Waals surface area (Å²) in [5, 5.41) is 8.40. The standard InChI is InChI=1S/C25H20ClN3O2S2/c1-16(23(30)29-25-28-22(15-32-25)17-7-3-2-4-8-17)33-21-12-6-11-20(14-21)27-24(31)18-9-5-10-19(26)13-18/h2-16H,1H3,(H,27,31)(H,28,29,30). The summed E-state index contributed by atoms with van der Waals surface area (Å²) < 4.78 is 0. The molecule has 3 aromatic carbocycles. The molecule has 0 spiro atoms. The van der Waals surface area contributed by atoms with E-state index < -0.39 is 0 Å². The molecule has 1 atom stereocenters. The summed E-state index contributed by atoms with van der Waals surface area (Å²) in [6, 6.07) is 24.0. The highest BCUT2D eigenvalue weighted by molar-refractivity contribution is 8.00. The van der Waals surface area contributed by atoms with Crippen molar-refractivity contribution in [1.82, 2.24) is 4.98 Å². The molecule has 8 heteroatoms. The lowest BCUT2D eigenvalue weighted by molar-refractivity contribution is -0.115. The third kappa shape index (κ3) is 6.22. The molecule has 1 unspecified atom stereocenters. The first kappa shape index (κ1) is 23.0. The van der Waals surface area contributed by atoms with E-state index in [1.54, 1.807) is 30.3 Å². The molecule has 4 rings (SSSR count). The first-order chi connectivity index (χ1) is 16.0. The molecule has 5 nitrogen and oxygen atoms in total. The molecule has 0 aliphatic carbocycles. The Labute approximate surface area is 205 Å². The predicted octanol–water partition coefficient (Wildman–Crippen LogP) is 6.84. The number of halogens is 1. The Hall–Kier alpha value is -3.13. The van der Waals surface area contributed by atoms with Gasteiger partial charge in [-0.1, -0.05) is 54.1 Å². The molecule has 4 aromatic rings. The Kier molecular flexibility index (Phi) is 7.44. The second kappa shape index (κ2) is 10.7. The van der Waals surface area contributed by atoms with Crippen LogP contribution in [0.2, 0.25) is 5.02 Å². The van der Waals surface area contributed by atoms with Crippen LogP contribution in [0.4, 0.5) is 10.8 Å². The van der Waals surface area contributed by atoms with Crippen molar-refractivity contribution >= 4 is 57.3 Å². The van der Waals surface area contributed by atoms with Crippen LogP contribution in [0.1, 0.15) is 17.3 Å². The Morgan fingerprint density at radius 1 is 0.970 bits per heavy atom. The fourth-order valence-electron chi connectivity index (χ4n) is 3.02. The Morgan fingerprint density at radius 3 is 2.55 bits per heavy atom. The lowest BCUT2D eigenvalue weighted by Crippen LogP contribution is -2.22. The summed E-state index contributed by atoms with van der Waals surface area (Å²) in [6.07, 6.45) is 0. The van der Waals surface area contributed by atoms with Crippen molar-refractivity contribution in [2.75, 3.05) is 10.6 Å². The molecular weight excluding hydrogens is 474 g/mol. The Balaban J connectivity index is 1.36. The van der Waals surface area contributed by atoms with Gasteiger partial charge in [0.1, 0.15) is 0 Å². The van der Waals surface area contributed by atoms with Crippen molar-refractivity contribution < 1.29 is 9.59 Å². The van der Waals surface area contributed by atoms with Crippen molar-refractivity contribution in [3.8, 4) is 11.3 Å². The van der Waals surface area contributed by atoms with E-state index in [2.05, 4.69) is 15.6 Å². The van der Waals surface area contributed by atoms with Gasteiger partial charge in [-0.15, -0.1) is 23.1 Å². The third-order valence-corrected chi connectivity index (χ3v) is 6.75. The number of anilines is 2. The zero-order valence-electron chi connectivity index (χ0n) is 17.6. The maximum atomic E-state index is 12.7. The Morgan fingerprint density at radius 2 is 1.76 bits per heavy atom. The molecule has 1 heterocycles. The first-order valence-electron chi connectivity index (χ1n) is 10.1. The van der Waals surface area contributed by atoms with Crippen LogP contribution in [0.5, 0.6) is 0 Å². The molecule has 33 heavy (non-hydrogen) atoms. The molecule has 0 aliphatic heterocycles.